The second-order valence-electron chi connectivity index (χ2n) is 6.14. The normalized spacial score (nSPS) is 26.3. The maximum atomic E-state index is 12.0. The van der Waals surface area contributed by atoms with Gasteiger partial charge in [-0.2, -0.15) is 0 Å². The van der Waals surface area contributed by atoms with Crippen LogP contribution in [0.3, 0.4) is 0 Å². The zero-order valence-electron chi connectivity index (χ0n) is 12.1. The van der Waals surface area contributed by atoms with Gasteiger partial charge in [0, 0.05) is 26.2 Å². The largest absolute Gasteiger partial charge is 0.357 e. The Hall–Kier alpha value is -0.780. The summed E-state index contributed by atoms with van der Waals surface area (Å²) in [5.74, 6) is 1.83. The minimum atomic E-state index is -2.99. The number of guanidine groups is 1. The third kappa shape index (κ3) is 3.41. The van der Waals surface area contributed by atoms with Crippen molar-refractivity contribution in [2.75, 3.05) is 31.9 Å². The lowest BCUT2D eigenvalue weighted by Crippen LogP contribution is -2.57. The molecule has 1 saturated heterocycles. The third-order valence-electron chi connectivity index (χ3n) is 3.87. The summed E-state index contributed by atoms with van der Waals surface area (Å²) in [6.07, 6.45) is 2.56. The summed E-state index contributed by atoms with van der Waals surface area (Å²) in [5, 5.41) is 3.28. The quantitative estimate of drug-likeness (QED) is 0.618. The van der Waals surface area contributed by atoms with Crippen molar-refractivity contribution >= 4 is 15.8 Å². The lowest BCUT2D eigenvalue weighted by molar-refractivity contribution is 0.353. The van der Waals surface area contributed by atoms with Crippen LogP contribution in [0, 0.1) is 5.92 Å². The van der Waals surface area contributed by atoms with E-state index in [0.29, 0.717) is 13.1 Å². The third-order valence-corrected chi connectivity index (χ3v) is 6.41. The molecular formula is C13H25N3O2S. The summed E-state index contributed by atoms with van der Waals surface area (Å²) < 4.78 is 23.3. The number of aliphatic imine (C=N–C) groups is 1. The molecule has 0 radical (unpaired) electrons. The number of hydrogen-bond donors (Lipinski definition) is 1. The van der Waals surface area contributed by atoms with Crippen LogP contribution in [0.2, 0.25) is 0 Å². The molecule has 1 aliphatic carbocycles. The first-order valence-corrected chi connectivity index (χ1v) is 8.76. The fourth-order valence-electron chi connectivity index (χ4n) is 2.27. The van der Waals surface area contributed by atoms with Crippen molar-refractivity contribution in [3.63, 3.8) is 0 Å². The van der Waals surface area contributed by atoms with Crippen molar-refractivity contribution in [1.82, 2.24) is 10.2 Å². The van der Waals surface area contributed by atoms with Gasteiger partial charge in [0.25, 0.3) is 0 Å². The number of nitrogens with one attached hydrogen (secondary N) is 1. The molecule has 0 atom stereocenters. The number of nitrogens with zero attached hydrogens (tertiary/aromatic N) is 2. The monoisotopic (exact) mass is 287 g/mol. The van der Waals surface area contributed by atoms with Gasteiger partial charge in [0.2, 0.25) is 0 Å². The summed E-state index contributed by atoms with van der Waals surface area (Å²) in [6, 6.07) is 0. The van der Waals surface area contributed by atoms with Crippen LogP contribution in [0.15, 0.2) is 4.99 Å². The van der Waals surface area contributed by atoms with Crippen LogP contribution in [-0.4, -0.2) is 56.0 Å². The van der Waals surface area contributed by atoms with Gasteiger partial charge in [-0.05, 0) is 39.5 Å². The van der Waals surface area contributed by atoms with Crippen molar-refractivity contribution in [3.05, 3.63) is 0 Å². The summed E-state index contributed by atoms with van der Waals surface area (Å²) in [5.41, 5.74) is 0. The van der Waals surface area contributed by atoms with Crippen LogP contribution in [0.4, 0.5) is 0 Å². The number of hydrogen-bond acceptors (Lipinski definition) is 3. The Morgan fingerprint density at radius 1 is 1.42 bits per heavy atom. The van der Waals surface area contributed by atoms with Gasteiger partial charge in [-0.1, -0.05) is 0 Å². The smallest absolute Gasteiger partial charge is 0.194 e. The molecule has 1 heterocycles. The average Bonchev–Trinajstić information content (AvgIpc) is 3.12. The molecular weight excluding hydrogens is 262 g/mol. The molecule has 0 aromatic carbocycles. The Labute approximate surface area is 116 Å². The van der Waals surface area contributed by atoms with Gasteiger partial charge in [0.05, 0.1) is 10.5 Å². The van der Waals surface area contributed by atoms with Gasteiger partial charge < -0.3 is 10.2 Å². The van der Waals surface area contributed by atoms with Crippen LogP contribution < -0.4 is 5.32 Å². The SMILES string of the molecule is CCNC(=NCC1CC1)N1CCS(=O)(=O)C(C)(C)C1. The first-order chi connectivity index (χ1) is 8.86. The molecule has 0 aromatic rings. The lowest BCUT2D eigenvalue weighted by atomic mass is 10.2. The molecule has 0 spiro atoms. The topological polar surface area (TPSA) is 61.8 Å². The van der Waals surface area contributed by atoms with Crippen molar-refractivity contribution < 1.29 is 8.42 Å². The van der Waals surface area contributed by atoms with E-state index in [1.54, 1.807) is 13.8 Å². The Morgan fingerprint density at radius 3 is 2.63 bits per heavy atom. The van der Waals surface area contributed by atoms with E-state index in [1.165, 1.54) is 12.8 Å². The summed E-state index contributed by atoms with van der Waals surface area (Å²) in [7, 11) is -2.99. The molecule has 6 heteroatoms. The Morgan fingerprint density at radius 2 is 2.11 bits per heavy atom. The summed E-state index contributed by atoms with van der Waals surface area (Å²) in [4.78, 5) is 6.74. The molecule has 2 rings (SSSR count). The highest BCUT2D eigenvalue weighted by atomic mass is 32.2. The molecule has 0 aromatic heterocycles. The van der Waals surface area contributed by atoms with E-state index in [0.717, 1.165) is 25.0 Å². The van der Waals surface area contributed by atoms with Crippen molar-refractivity contribution in [2.45, 2.75) is 38.4 Å². The van der Waals surface area contributed by atoms with Crippen molar-refractivity contribution in [1.29, 1.82) is 0 Å². The van der Waals surface area contributed by atoms with Crippen LogP contribution in [-0.2, 0) is 9.84 Å². The highest BCUT2D eigenvalue weighted by Gasteiger charge is 2.41. The highest BCUT2D eigenvalue weighted by molar-refractivity contribution is 7.92. The van der Waals surface area contributed by atoms with Crippen LogP contribution in [0.1, 0.15) is 33.6 Å². The lowest BCUT2D eigenvalue weighted by Gasteiger charge is -2.39. The second-order valence-corrected chi connectivity index (χ2v) is 8.88. The molecule has 2 fully saturated rings. The van der Waals surface area contributed by atoms with Gasteiger partial charge in [-0.15, -0.1) is 0 Å². The predicted molar refractivity (Wildman–Crippen MR) is 78.1 cm³/mol. The van der Waals surface area contributed by atoms with Gasteiger partial charge in [-0.3, -0.25) is 4.99 Å². The molecule has 2 aliphatic rings. The van der Waals surface area contributed by atoms with Gasteiger partial charge in [0.1, 0.15) is 0 Å². The zero-order chi connectivity index (χ0) is 14.1. The number of rotatable bonds is 3. The van der Waals surface area contributed by atoms with Gasteiger partial charge >= 0.3 is 0 Å². The van der Waals surface area contributed by atoms with Crippen LogP contribution in [0.25, 0.3) is 0 Å². The predicted octanol–water partition coefficient (Wildman–Crippen LogP) is 0.871. The van der Waals surface area contributed by atoms with E-state index in [9.17, 15) is 8.42 Å². The second kappa shape index (κ2) is 5.31. The van der Waals surface area contributed by atoms with Crippen molar-refractivity contribution in [2.24, 2.45) is 10.9 Å². The molecule has 1 N–H and O–H groups in total. The van der Waals surface area contributed by atoms with E-state index in [2.05, 4.69) is 15.2 Å². The maximum Gasteiger partial charge on any atom is 0.194 e. The van der Waals surface area contributed by atoms with E-state index < -0.39 is 14.6 Å². The van der Waals surface area contributed by atoms with Crippen LogP contribution >= 0.6 is 0 Å². The van der Waals surface area contributed by atoms with E-state index in [4.69, 9.17) is 0 Å². The van der Waals surface area contributed by atoms with E-state index in [-0.39, 0.29) is 5.75 Å². The Bertz CT molecular complexity index is 453. The Balaban J connectivity index is 2.07. The molecule has 1 saturated carbocycles. The highest BCUT2D eigenvalue weighted by Crippen LogP contribution is 2.29. The van der Waals surface area contributed by atoms with Gasteiger partial charge in [-0.25, -0.2) is 8.42 Å². The molecule has 19 heavy (non-hydrogen) atoms. The molecule has 110 valence electrons. The fourth-order valence-corrected chi connectivity index (χ4v) is 3.63. The van der Waals surface area contributed by atoms with Gasteiger partial charge in [0.15, 0.2) is 15.8 Å². The molecule has 0 bridgehead atoms. The zero-order valence-corrected chi connectivity index (χ0v) is 13.0. The molecule has 0 unspecified atom stereocenters. The van der Waals surface area contributed by atoms with E-state index >= 15 is 0 Å². The average molecular weight is 287 g/mol. The molecule has 0 amide bonds. The standard InChI is InChI=1S/C13H25N3O2S/c1-4-14-12(15-9-11-5-6-11)16-7-8-19(17,18)13(2,3)10-16/h11H,4-10H2,1-3H3,(H,14,15). The van der Waals surface area contributed by atoms with Crippen molar-refractivity contribution in [3.8, 4) is 0 Å². The molecule has 5 nitrogen and oxygen atoms in total. The summed E-state index contributed by atoms with van der Waals surface area (Å²) >= 11 is 0. The summed E-state index contributed by atoms with van der Waals surface area (Å²) in [6.45, 7) is 8.39. The van der Waals surface area contributed by atoms with E-state index in [1.807, 2.05) is 6.92 Å². The number of sulfone groups is 1. The minimum absolute atomic E-state index is 0.216. The minimum Gasteiger partial charge on any atom is -0.357 e. The fraction of sp³-hybridized carbons (Fsp3) is 0.923. The maximum absolute atomic E-state index is 12.0. The van der Waals surface area contributed by atoms with Crippen LogP contribution in [0.5, 0.6) is 0 Å². The first kappa shape index (κ1) is 14.6. The molecule has 1 aliphatic heterocycles. The Kier molecular flexibility index (Phi) is 4.08. The first-order valence-electron chi connectivity index (χ1n) is 7.11.